The second-order valence-electron chi connectivity index (χ2n) is 7.38. The first-order chi connectivity index (χ1) is 11.9. The van der Waals surface area contributed by atoms with E-state index in [9.17, 15) is 4.79 Å². The molecule has 1 aliphatic rings. The molecule has 0 spiro atoms. The van der Waals surface area contributed by atoms with Crippen molar-refractivity contribution in [2.75, 3.05) is 0 Å². The Morgan fingerprint density at radius 1 is 1.24 bits per heavy atom. The molecule has 0 bridgehead atoms. The number of carbonyl (C=O) groups excluding carboxylic acids is 1. The zero-order chi connectivity index (χ0) is 17.9. The summed E-state index contributed by atoms with van der Waals surface area (Å²) in [5.74, 6) is 0. The van der Waals surface area contributed by atoms with Crippen LogP contribution in [-0.4, -0.2) is 28.8 Å². The van der Waals surface area contributed by atoms with Crippen molar-refractivity contribution in [1.29, 1.82) is 0 Å². The Balaban J connectivity index is 1.39. The van der Waals surface area contributed by atoms with E-state index >= 15 is 0 Å². The third kappa shape index (κ3) is 5.28. The van der Waals surface area contributed by atoms with E-state index in [1.165, 1.54) is 0 Å². The lowest BCUT2D eigenvalue weighted by Gasteiger charge is -2.36. The van der Waals surface area contributed by atoms with Crippen LogP contribution < -0.4 is 10.6 Å². The molecule has 1 fully saturated rings. The van der Waals surface area contributed by atoms with Gasteiger partial charge in [0.1, 0.15) is 10.6 Å². The third-order valence-electron chi connectivity index (χ3n) is 4.02. The quantitative estimate of drug-likeness (QED) is 0.848. The predicted octanol–water partition coefficient (Wildman–Crippen LogP) is 3.96. The normalized spacial score (nSPS) is 20.0. The van der Waals surface area contributed by atoms with Crippen LogP contribution in [0, 0.1) is 0 Å². The van der Waals surface area contributed by atoms with Gasteiger partial charge in [0, 0.05) is 29.6 Å². The number of nitrogens with one attached hydrogen (secondary N) is 2. The van der Waals surface area contributed by atoms with Crippen LogP contribution >= 0.6 is 11.3 Å². The summed E-state index contributed by atoms with van der Waals surface area (Å²) in [4.78, 5) is 16.4. The SMILES string of the molecule is CC(C)(C)OC(=O)NC1CC(NCc2nc(-c3ccccc3)cs2)C1. The smallest absolute Gasteiger partial charge is 0.407 e. The van der Waals surface area contributed by atoms with E-state index in [-0.39, 0.29) is 12.1 Å². The first-order valence-corrected chi connectivity index (χ1v) is 9.50. The molecular formula is C19H25N3O2S. The van der Waals surface area contributed by atoms with Crippen molar-refractivity contribution >= 4 is 17.4 Å². The van der Waals surface area contributed by atoms with Crippen LogP contribution in [0.2, 0.25) is 0 Å². The van der Waals surface area contributed by atoms with Gasteiger partial charge in [-0.2, -0.15) is 0 Å². The van der Waals surface area contributed by atoms with Crippen LogP contribution in [0.25, 0.3) is 11.3 Å². The van der Waals surface area contributed by atoms with Gasteiger partial charge in [-0.05, 0) is 33.6 Å². The average Bonchev–Trinajstić information content (AvgIpc) is 2.97. The van der Waals surface area contributed by atoms with E-state index in [1.54, 1.807) is 11.3 Å². The van der Waals surface area contributed by atoms with Gasteiger partial charge in [-0.15, -0.1) is 11.3 Å². The highest BCUT2D eigenvalue weighted by Crippen LogP contribution is 2.24. The summed E-state index contributed by atoms with van der Waals surface area (Å²) in [6.45, 7) is 6.38. The van der Waals surface area contributed by atoms with Gasteiger partial charge in [0.2, 0.25) is 0 Å². The van der Waals surface area contributed by atoms with Crippen molar-refractivity contribution in [3.05, 3.63) is 40.7 Å². The second-order valence-corrected chi connectivity index (χ2v) is 8.33. The van der Waals surface area contributed by atoms with E-state index in [0.717, 1.165) is 35.7 Å². The third-order valence-corrected chi connectivity index (χ3v) is 4.87. The molecular weight excluding hydrogens is 334 g/mol. The van der Waals surface area contributed by atoms with Gasteiger partial charge in [0.05, 0.1) is 5.69 Å². The molecule has 0 aliphatic heterocycles. The largest absolute Gasteiger partial charge is 0.444 e. The molecule has 3 rings (SSSR count). The molecule has 0 atom stereocenters. The summed E-state index contributed by atoms with van der Waals surface area (Å²) in [7, 11) is 0. The Morgan fingerprint density at radius 2 is 1.96 bits per heavy atom. The van der Waals surface area contributed by atoms with E-state index in [2.05, 4.69) is 33.1 Å². The number of thiazole rings is 1. The number of hydrogen-bond donors (Lipinski definition) is 2. The molecule has 1 aromatic carbocycles. The van der Waals surface area contributed by atoms with Crippen molar-refractivity contribution in [2.45, 2.75) is 57.8 Å². The Morgan fingerprint density at radius 3 is 2.64 bits per heavy atom. The number of rotatable bonds is 5. The molecule has 25 heavy (non-hydrogen) atoms. The van der Waals surface area contributed by atoms with Crippen LogP contribution in [-0.2, 0) is 11.3 Å². The van der Waals surface area contributed by atoms with Crippen molar-refractivity contribution in [2.24, 2.45) is 0 Å². The van der Waals surface area contributed by atoms with Gasteiger partial charge < -0.3 is 15.4 Å². The van der Waals surface area contributed by atoms with Crippen molar-refractivity contribution in [3.63, 3.8) is 0 Å². The number of benzene rings is 1. The fourth-order valence-corrected chi connectivity index (χ4v) is 3.50. The van der Waals surface area contributed by atoms with Gasteiger partial charge in [-0.1, -0.05) is 30.3 Å². The summed E-state index contributed by atoms with van der Waals surface area (Å²) < 4.78 is 5.27. The van der Waals surface area contributed by atoms with Crippen molar-refractivity contribution in [1.82, 2.24) is 15.6 Å². The Kier molecular flexibility index (Phi) is 5.39. The molecule has 2 N–H and O–H groups in total. The number of carbonyl (C=O) groups is 1. The van der Waals surface area contributed by atoms with E-state index in [1.807, 2.05) is 39.0 Å². The first kappa shape index (κ1) is 17.9. The zero-order valence-electron chi connectivity index (χ0n) is 14.9. The Labute approximate surface area is 152 Å². The highest BCUT2D eigenvalue weighted by Gasteiger charge is 2.31. The molecule has 1 aliphatic carbocycles. The number of amides is 1. The minimum Gasteiger partial charge on any atom is -0.444 e. The Hall–Kier alpha value is -1.92. The molecule has 1 heterocycles. The molecule has 0 saturated heterocycles. The van der Waals surface area contributed by atoms with Crippen LogP contribution in [0.3, 0.4) is 0 Å². The van der Waals surface area contributed by atoms with Crippen LogP contribution in [0.5, 0.6) is 0 Å². The standard InChI is InChI=1S/C19H25N3O2S/c1-19(2,3)24-18(23)21-15-9-14(10-15)20-11-17-22-16(12-25-17)13-7-5-4-6-8-13/h4-8,12,14-15,20H,9-11H2,1-3H3,(H,21,23). The van der Waals surface area contributed by atoms with Crippen molar-refractivity contribution < 1.29 is 9.53 Å². The fraction of sp³-hybridized carbons (Fsp3) is 0.474. The maximum Gasteiger partial charge on any atom is 0.407 e. The maximum atomic E-state index is 11.7. The Bertz CT molecular complexity index is 703. The first-order valence-electron chi connectivity index (χ1n) is 8.62. The molecule has 1 saturated carbocycles. The lowest BCUT2D eigenvalue weighted by Crippen LogP contribution is -2.52. The van der Waals surface area contributed by atoms with Crippen LogP contribution in [0.1, 0.15) is 38.6 Å². The molecule has 5 nitrogen and oxygen atoms in total. The summed E-state index contributed by atoms with van der Waals surface area (Å²) in [6.07, 6.45) is 1.52. The lowest BCUT2D eigenvalue weighted by molar-refractivity contribution is 0.0465. The minimum absolute atomic E-state index is 0.198. The number of nitrogens with zero attached hydrogens (tertiary/aromatic N) is 1. The minimum atomic E-state index is -0.452. The average molecular weight is 359 g/mol. The molecule has 0 radical (unpaired) electrons. The van der Waals surface area contributed by atoms with E-state index in [0.29, 0.717) is 6.04 Å². The van der Waals surface area contributed by atoms with Gasteiger partial charge in [-0.25, -0.2) is 9.78 Å². The molecule has 1 aromatic heterocycles. The molecule has 0 unspecified atom stereocenters. The fourth-order valence-electron chi connectivity index (χ4n) is 2.74. The topological polar surface area (TPSA) is 63.2 Å². The zero-order valence-corrected chi connectivity index (χ0v) is 15.7. The molecule has 1 amide bonds. The lowest BCUT2D eigenvalue weighted by atomic mass is 9.87. The van der Waals surface area contributed by atoms with Crippen molar-refractivity contribution in [3.8, 4) is 11.3 Å². The highest BCUT2D eigenvalue weighted by molar-refractivity contribution is 7.09. The highest BCUT2D eigenvalue weighted by atomic mass is 32.1. The van der Waals surface area contributed by atoms with E-state index < -0.39 is 5.60 Å². The van der Waals surface area contributed by atoms with Crippen LogP contribution in [0.4, 0.5) is 4.79 Å². The summed E-state index contributed by atoms with van der Waals surface area (Å²) in [6, 6.07) is 10.8. The summed E-state index contributed by atoms with van der Waals surface area (Å²) in [5, 5.41) is 9.60. The summed E-state index contributed by atoms with van der Waals surface area (Å²) in [5.41, 5.74) is 1.73. The van der Waals surface area contributed by atoms with Gasteiger partial charge >= 0.3 is 6.09 Å². The number of aromatic nitrogens is 1. The van der Waals surface area contributed by atoms with Gasteiger partial charge in [0.15, 0.2) is 0 Å². The van der Waals surface area contributed by atoms with Gasteiger partial charge in [-0.3, -0.25) is 0 Å². The number of ether oxygens (including phenoxy) is 1. The maximum absolute atomic E-state index is 11.7. The molecule has 6 heteroatoms. The van der Waals surface area contributed by atoms with Gasteiger partial charge in [0.25, 0.3) is 0 Å². The number of hydrogen-bond acceptors (Lipinski definition) is 5. The molecule has 134 valence electrons. The monoisotopic (exact) mass is 359 g/mol. The predicted molar refractivity (Wildman–Crippen MR) is 101 cm³/mol. The second kappa shape index (κ2) is 7.54. The molecule has 2 aromatic rings. The number of alkyl carbamates (subject to hydrolysis) is 1. The van der Waals surface area contributed by atoms with Crippen LogP contribution in [0.15, 0.2) is 35.7 Å². The summed E-state index contributed by atoms with van der Waals surface area (Å²) >= 11 is 1.68. The van der Waals surface area contributed by atoms with E-state index in [4.69, 9.17) is 4.74 Å².